The molecule has 4 N–H and O–H groups in total. The van der Waals surface area contributed by atoms with Gasteiger partial charge in [0, 0.05) is 10.8 Å². The van der Waals surface area contributed by atoms with E-state index in [4.69, 9.17) is 17.4 Å². The Morgan fingerprint density at radius 1 is 1.08 bits per heavy atom. The van der Waals surface area contributed by atoms with E-state index in [0.29, 0.717) is 15.3 Å². The van der Waals surface area contributed by atoms with Gasteiger partial charge in [0.05, 0.1) is 11.5 Å². The van der Waals surface area contributed by atoms with Crippen molar-refractivity contribution < 1.29 is 4.79 Å². The zero-order valence-corrected chi connectivity index (χ0v) is 22.3. The van der Waals surface area contributed by atoms with Crippen LogP contribution in [0.4, 0.5) is 11.1 Å². The van der Waals surface area contributed by atoms with Crippen molar-refractivity contribution in [3.8, 4) is 0 Å². The highest BCUT2D eigenvalue weighted by Crippen LogP contribution is 2.29. The lowest BCUT2D eigenvalue weighted by Gasteiger charge is -2.06. The van der Waals surface area contributed by atoms with Gasteiger partial charge in [0.1, 0.15) is 0 Å². The number of thioether (sulfide) groups is 2. The summed E-state index contributed by atoms with van der Waals surface area (Å²) in [5.41, 5.74) is 5.84. The molecule has 0 bridgehead atoms. The molecule has 0 aliphatic heterocycles. The van der Waals surface area contributed by atoms with Crippen LogP contribution < -0.4 is 16.6 Å². The minimum atomic E-state index is -0.252. The molecule has 4 aromatic rings. The topological polar surface area (TPSA) is 136 Å². The zero-order chi connectivity index (χ0) is 25.3. The standard InChI is InChI=1S/C22H22ClN9OS3/c1-2-17(15-6-4-3-5-7-15)26-27-19-28-30-21(32(19)24)34-13-18(33)25-20-29-31-22(36-20)35-12-14-8-10-16(23)11-9-14/h3-11H,2,12-13,24H2,1H3,(H,27,28)(H,25,29,33)/b26-17+. The van der Waals surface area contributed by atoms with Gasteiger partial charge in [-0.3, -0.25) is 10.1 Å². The molecule has 0 radical (unpaired) electrons. The molecule has 4 rings (SSSR count). The summed E-state index contributed by atoms with van der Waals surface area (Å²) in [5, 5.41) is 24.9. The van der Waals surface area contributed by atoms with Gasteiger partial charge in [-0.2, -0.15) is 5.10 Å². The molecule has 0 unspecified atom stereocenters. The first kappa shape index (κ1) is 25.9. The molecule has 2 aromatic heterocycles. The van der Waals surface area contributed by atoms with Gasteiger partial charge in [0.15, 0.2) is 4.34 Å². The van der Waals surface area contributed by atoms with Crippen LogP contribution in [0.1, 0.15) is 24.5 Å². The molecule has 14 heteroatoms. The summed E-state index contributed by atoms with van der Waals surface area (Å²) in [7, 11) is 0. The van der Waals surface area contributed by atoms with E-state index < -0.39 is 0 Å². The molecule has 0 aliphatic rings. The molecule has 0 saturated carbocycles. The molecule has 0 fully saturated rings. The molecule has 1 amide bonds. The predicted octanol–water partition coefficient (Wildman–Crippen LogP) is 4.75. The number of carbonyl (C=O) groups is 1. The average molecular weight is 560 g/mol. The maximum absolute atomic E-state index is 12.4. The molecular weight excluding hydrogens is 538 g/mol. The maximum atomic E-state index is 12.4. The number of nitrogens with zero attached hydrogens (tertiary/aromatic N) is 6. The number of hydrogen-bond donors (Lipinski definition) is 3. The maximum Gasteiger partial charge on any atom is 0.264 e. The third-order valence-corrected chi connectivity index (χ3v) is 7.90. The van der Waals surface area contributed by atoms with Crippen LogP contribution in [0.25, 0.3) is 0 Å². The monoisotopic (exact) mass is 559 g/mol. The van der Waals surface area contributed by atoms with Crippen molar-refractivity contribution in [3.63, 3.8) is 0 Å². The number of rotatable bonds is 11. The van der Waals surface area contributed by atoms with E-state index in [9.17, 15) is 4.79 Å². The highest BCUT2D eigenvalue weighted by molar-refractivity contribution is 8.00. The SMILES string of the molecule is CC/C(=N\Nc1nnc(SCC(=O)Nc2nnc(SCc3ccc(Cl)cc3)s2)n1N)c1ccccc1. The molecule has 186 valence electrons. The van der Waals surface area contributed by atoms with Crippen LogP contribution in [0, 0.1) is 0 Å². The van der Waals surface area contributed by atoms with Gasteiger partial charge in [0.2, 0.25) is 16.2 Å². The van der Waals surface area contributed by atoms with Crippen molar-refractivity contribution in [2.45, 2.75) is 28.6 Å². The van der Waals surface area contributed by atoms with E-state index in [1.54, 1.807) is 0 Å². The molecule has 2 aromatic carbocycles. The van der Waals surface area contributed by atoms with E-state index >= 15 is 0 Å². The second-order valence-corrected chi connectivity index (χ2v) is 10.8. The molecule has 0 aliphatic carbocycles. The van der Waals surface area contributed by atoms with Crippen LogP contribution in [-0.2, 0) is 10.5 Å². The fraction of sp³-hybridized carbons (Fsp3) is 0.182. The smallest absolute Gasteiger partial charge is 0.264 e. The Hall–Kier alpha value is -3.13. The minimum Gasteiger partial charge on any atom is -0.334 e. The largest absolute Gasteiger partial charge is 0.334 e. The quantitative estimate of drug-likeness (QED) is 0.0781. The number of benzene rings is 2. The number of aromatic nitrogens is 5. The molecule has 10 nitrogen and oxygen atoms in total. The van der Waals surface area contributed by atoms with Crippen molar-refractivity contribution in [1.29, 1.82) is 0 Å². The number of nitrogens with two attached hydrogens (primary N) is 1. The predicted molar refractivity (Wildman–Crippen MR) is 147 cm³/mol. The van der Waals surface area contributed by atoms with Gasteiger partial charge in [-0.15, -0.1) is 20.4 Å². The van der Waals surface area contributed by atoms with Crippen LogP contribution in [0.3, 0.4) is 0 Å². The Bertz CT molecular complexity index is 1330. The Labute approximate surface area is 225 Å². The van der Waals surface area contributed by atoms with Gasteiger partial charge in [0.25, 0.3) is 5.95 Å². The number of carbonyl (C=O) groups excluding carboxylic acids is 1. The summed E-state index contributed by atoms with van der Waals surface area (Å²) in [4.78, 5) is 12.4. The molecular formula is C22H22ClN9OS3. The fourth-order valence-corrected chi connectivity index (χ4v) is 5.38. The lowest BCUT2D eigenvalue weighted by atomic mass is 10.1. The van der Waals surface area contributed by atoms with Crippen LogP contribution in [0.2, 0.25) is 5.02 Å². The summed E-state index contributed by atoms with van der Waals surface area (Å²) in [6.07, 6.45) is 0.727. The lowest BCUT2D eigenvalue weighted by Crippen LogP contribution is -2.17. The van der Waals surface area contributed by atoms with E-state index in [-0.39, 0.29) is 17.6 Å². The van der Waals surface area contributed by atoms with Crippen molar-refractivity contribution in [3.05, 3.63) is 70.7 Å². The van der Waals surface area contributed by atoms with Crippen molar-refractivity contribution in [2.75, 3.05) is 22.3 Å². The van der Waals surface area contributed by atoms with Crippen LogP contribution in [0.15, 0.2) is 69.2 Å². The number of hydrazone groups is 1. The number of anilines is 2. The summed E-state index contributed by atoms with van der Waals surface area (Å²) in [5.74, 6) is 6.90. The summed E-state index contributed by atoms with van der Waals surface area (Å²) in [6, 6.07) is 17.4. The molecule has 2 heterocycles. The summed E-state index contributed by atoms with van der Waals surface area (Å²) >= 11 is 9.92. The Morgan fingerprint density at radius 3 is 2.61 bits per heavy atom. The summed E-state index contributed by atoms with van der Waals surface area (Å²) in [6.45, 7) is 2.01. The molecule has 0 atom stereocenters. The van der Waals surface area contributed by atoms with Gasteiger partial charge in [-0.05, 0) is 29.7 Å². The van der Waals surface area contributed by atoms with E-state index in [1.165, 1.54) is 27.8 Å². The number of nitrogens with one attached hydrogen (secondary N) is 2. The van der Waals surface area contributed by atoms with Crippen LogP contribution in [0.5, 0.6) is 0 Å². The molecule has 0 saturated heterocycles. The first-order chi connectivity index (χ1) is 17.5. The molecule has 36 heavy (non-hydrogen) atoms. The van der Waals surface area contributed by atoms with Gasteiger partial charge in [-0.25, -0.2) is 10.1 Å². The first-order valence-electron chi connectivity index (χ1n) is 10.7. The van der Waals surface area contributed by atoms with Crippen LogP contribution in [-0.4, -0.2) is 42.4 Å². The third-order valence-electron chi connectivity index (χ3n) is 4.66. The van der Waals surface area contributed by atoms with Crippen molar-refractivity contribution in [2.24, 2.45) is 5.10 Å². The number of amides is 1. The van der Waals surface area contributed by atoms with Gasteiger partial charge >= 0.3 is 0 Å². The number of halogens is 1. The second kappa shape index (κ2) is 12.7. The number of nitrogen functional groups attached to an aromatic ring is 1. The number of hydrogen-bond acceptors (Lipinski definition) is 11. The molecule has 0 spiro atoms. The Balaban J connectivity index is 1.26. The van der Waals surface area contributed by atoms with Crippen molar-refractivity contribution in [1.82, 2.24) is 25.1 Å². The normalized spacial score (nSPS) is 11.4. The average Bonchev–Trinajstić information content (AvgIpc) is 3.49. The minimum absolute atomic E-state index is 0.0790. The highest BCUT2D eigenvalue weighted by Gasteiger charge is 2.14. The Kier molecular flexibility index (Phi) is 9.17. The second-order valence-electron chi connectivity index (χ2n) is 7.19. The Morgan fingerprint density at radius 2 is 1.86 bits per heavy atom. The van der Waals surface area contributed by atoms with Gasteiger partial charge in [-0.1, -0.05) is 95.8 Å². The zero-order valence-electron chi connectivity index (χ0n) is 19.1. The van der Waals surface area contributed by atoms with Crippen molar-refractivity contribution >= 4 is 69.2 Å². The highest BCUT2D eigenvalue weighted by atomic mass is 35.5. The van der Waals surface area contributed by atoms with Crippen LogP contribution >= 0.6 is 46.5 Å². The summed E-state index contributed by atoms with van der Waals surface area (Å²) < 4.78 is 2.02. The first-order valence-corrected chi connectivity index (χ1v) is 13.9. The third kappa shape index (κ3) is 7.20. The lowest BCUT2D eigenvalue weighted by molar-refractivity contribution is -0.113. The van der Waals surface area contributed by atoms with E-state index in [1.807, 2.05) is 61.5 Å². The van der Waals surface area contributed by atoms with E-state index in [0.717, 1.165) is 45.1 Å². The van der Waals surface area contributed by atoms with Gasteiger partial charge < -0.3 is 5.84 Å². The fourth-order valence-electron chi connectivity index (χ4n) is 2.88. The van der Waals surface area contributed by atoms with E-state index in [2.05, 4.69) is 36.2 Å².